The number of hydrogen-bond donors (Lipinski definition) is 0. The van der Waals surface area contributed by atoms with E-state index in [1.165, 1.54) is 12.5 Å². The van der Waals surface area contributed by atoms with Crippen LogP contribution >= 0.6 is 0 Å². The maximum absolute atomic E-state index is 11.2. The molecule has 0 fully saturated rings. The number of furan rings is 1. The Morgan fingerprint density at radius 2 is 2.62 bits per heavy atom. The van der Waals surface area contributed by atoms with Crippen LogP contribution in [0.5, 0.6) is 0 Å². The van der Waals surface area contributed by atoms with Crippen LogP contribution in [0.2, 0.25) is 0 Å². The first-order valence-electron chi connectivity index (χ1n) is 3.56. The van der Waals surface area contributed by atoms with E-state index in [1.54, 1.807) is 6.07 Å². The molecule has 5 nitrogen and oxygen atoms in total. The van der Waals surface area contributed by atoms with Gasteiger partial charge in [0.15, 0.2) is 5.58 Å². The highest BCUT2D eigenvalue weighted by atomic mass is 16.5. The number of hydrogen-bond acceptors (Lipinski definition) is 4. The van der Waals surface area contributed by atoms with Crippen molar-refractivity contribution in [3.63, 3.8) is 0 Å². The number of rotatable bonds is 1. The van der Waals surface area contributed by atoms with Gasteiger partial charge >= 0.3 is 6.09 Å². The molecular weight excluding hydrogens is 172 g/mol. The zero-order valence-electron chi connectivity index (χ0n) is 6.64. The predicted molar refractivity (Wildman–Crippen MR) is 44.1 cm³/mol. The molecule has 2 aromatic heterocycles. The number of aromatic nitrogens is 2. The molecule has 0 aliphatic rings. The van der Waals surface area contributed by atoms with Crippen LogP contribution in [-0.2, 0) is 4.74 Å². The third-order valence-electron chi connectivity index (χ3n) is 1.55. The van der Waals surface area contributed by atoms with Crippen molar-refractivity contribution >= 4 is 17.2 Å². The van der Waals surface area contributed by atoms with Crippen molar-refractivity contribution in [3.05, 3.63) is 31.4 Å². The summed E-state index contributed by atoms with van der Waals surface area (Å²) in [5, 5.41) is 3.77. The van der Waals surface area contributed by atoms with Gasteiger partial charge in [0.25, 0.3) is 0 Å². The number of nitrogens with zero attached hydrogens (tertiary/aromatic N) is 2. The van der Waals surface area contributed by atoms with Crippen molar-refractivity contribution in [3.8, 4) is 0 Å². The number of carbonyl (C=O) groups is 1. The van der Waals surface area contributed by atoms with Crippen LogP contribution in [-0.4, -0.2) is 15.9 Å². The average Bonchev–Trinajstić information content (AvgIpc) is 2.62. The second-order valence-corrected chi connectivity index (χ2v) is 2.28. The topological polar surface area (TPSA) is 57.3 Å². The molecule has 2 rings (SSSR count). The quantitative estimate of drug-likeness (QED) is 0.624. The SMILES string of the molecule is C=COC(=O)n1ncc2occc21. The molecule has 2 aromatic rings. The molecule has 13 heavy (non-hydrogen) atoms. The lowest BCUT2D eigenvalue weighted by atomic mass is 10.5. The van der Waals surface area contributed by atoms with Gasteiger partial charge in [0.1, 0.15) is 5.52 Å². The second-order valence-electron chi connectivity index (χ2n) is 2.28. The highest BCUT2D eigenvalue weighted by molar-refractivity contribution is 5.84. The van der Waals surface area contributed by atoms with E-state index in [9.17, 15) is 4.79 Å². The van der Waals surface area contributed by atoms with Crippen molar-refractivity contribution in [1.29, 1.82) is 0 Å². The van der Waals surface area contributed by atoms with Gasteiger partial charge in [-0.25, -0.2) is 4.79 Å². The van der Waals surface area contributed by atoms with Gasteiger partial charge in [-0.3, -0.25) is 0 Å². The average molecular weight is 178 g/mol. The third-order valence-corrected chi connectivity index (χ3v) is 1.55. The van der Waals surface area contributed by atoms with E-state index in [2.05, 4.69) is 16.4 Å². The van der Waals surface area contributed by atoms with Crippen molar-refractivity contribution in [2.24, 2.45) is 0 Å². The van der Waals surface area contributed by atoms with E-state index in [1.807, 2.05) is 0 Å². The molecule has 0 bridgehead atoms. The molecule has 0 saturated heterocycles. The van der Waals surface area contributed by atoms with Gasteiger partial charge in [0.05, 0.1) is 18.7 Å². The minimum atomic E-state index is -0.605. The molecule has 0 N–H and O–H groups in total. The Morgan fingerprint density at radius 3 is 3.38 bits per heavy atom. The first-order valence-corrected chi connectivity index (χ1v) is 3.56. The third kappa shape index (κ3) is 1.10. The van der Waals surface area contributed by atoms with Gasteiger partial charge < -0.3 is 9.15 Å². The summed E-state index contributed by atoms with van der Waals surface area (Å²) in [5.41, 5.74) is 1.12. The highest BCUT2D eigenvalue weighted by Crippen LogP contribution is 2.14. The molecule has 0 aliphatic carbocycles. The molecule has 0 atom stereocenters. The summed E-state index contributed by atoms with van der Waals surface area (Å²) in [5.74, 6) is 0. The first-order chi connectivity index (χ1) is 6.33. The summed E-state index contributed by atoms with van der Waals surface area (Å²) in [6.07, 6.45) is 3.37. The van der Waals surface area contributed by atoms with Crippen LogP contribution in [0.15, 0.2) is 35.8 Å². The Hall–Kier alpha value is -2.04. The lowest BCUT2D eigenvalue weighted by Gasteiger charge is -1.96. The fourth-order valence-corrected chi connectivity index (χ4v) is 1.02. The van der Waals surface area contributed by atoms with E-state index in [-0.39, 0.29) is 0 Å². The lowest BCUT2D eigenvalue weighted by molar-refractivity contribution is 0.185. The monoisotopic (exact) mass is 178 g/mol. The van der Waals surface area contributed by atoms with E-state index >= 15 is 0 Å². The number of fused-ring (bicyclic) bond motifs is 1. The molecule has 0 spiro atoms. The Bertz CT molecular complexity index is 455. The van der Waals surface area contributed by atoms with E-state index < -0.39 is 6.09 Å². The van der Waals surface area contributed by atoms with Crippen molar-refractivity contribution in [1.82, 2.24) is 9.78 Å². The zero-order valence-corrected chi connectivity index (χ0v) is 6.64. The molecular formula is C8H6N2O3. The van der Waals surface area contributed by atoms with Gasteiger partial charge in [-0.15, -0.1) is 0 Å². The lowest BCUT2D eigenvalue weighted by Crippen LogP contribution is -2.11. The normalized spacial score (nSPS) is 10.2. The van der Waals surface area contributed by atoms with Crippen LogP contribution in [0, 0.1) is 0 Å². The van der Waals surface area contributed by atoms with Gasteiger partial charge in [-0.2, -0.15) is 9.78 Å². The molecule has 0 radical (unpaired) electrons. The van der Waals surface area contributed by atoms with Crippen LogP contribution in [0.3, 0.4) is 0 Å². The maximum Gasteiger partial charge on any atom is 0.440 e. The predicted octanol–water partition coefficient (Wildman–Crippen LogP) is 1.76. The van der Waals surface area contributed by atoms with Gasteiger partial charge in [-0.1, -0.05) is 6.58 Å². The number of carbonyl (C=O) groups excluding carboxylic acids is 1. The van der Waals surface area contributed by atoms with Crippen LogP contribution < -0.4 is 0 Å². The second kappa shape index (κ2) is 2.78. The molecule has 66 valence electrons. The van der Waals surface area contributed by atoms with Crippen molar-refractivity contribution in [2.45, 2.75) is 0 Å². The van der Waals surface area contributed by atoms with Gasteiger partial charge in [0.2, 0.25) is 0 Å². The van der Waals surface area contributed by atoms with Crippen molar-refractivity contribution < 1.29 is 13.9 Å². The Labute approximate surface area is 73.2 Å². The summed E-state index contributed by atoms with van der Waals surface area (Å²) in [7, 11) is 0. The largest absolute Gasteiger partial charge is 0.461 e. The molecule has 0 unspecified atom stereocenters. The number of ether oxygens (including phenoxy) is 1. The van der Waals surface area contributed by atoms with Crippen molar-refractivity contribution in [2.75, 3.05) is 0 Å². The summed E-state index contributed by atoms with van der Waals surface area (Å²) in [6.45, 7) is 3.27. The summed E-state index contributed by atoms with van der Waals surface area (Å²) in [6, 6.07) is 1.63. The standard InChI is InChI=1S/C8H6N2O3/c1-2-12-8(11)10-6-3-4-13-7(6)5-9-10/h2-5H,1H2. The van der Waals surface area contributed by atoms with Crippen LogP contribution in [0.4, 0.5) is 4.79 Å². The molecule has 2 heterocycles. The maximum atomic E-state index is 11.2. The van der Waals surface area contributed by atoms with Crippen LogP contribution in [0.1, 0.15) is 0 Å². The van der Waals surface area contributed by atoms with Gasteiger partial charge in [-0.05, 0) is 0 Å². The first kappa shape index (κ1) is 7.60. The minimum Gasteiger partial charge on any atom is -0.461 e. The van der Waals surface area contributed by atoms with E-state index in [4.69, 9.17) is 4.42 Å². The highest BCUT2D eigenvalue weighted by Gasteiger charge is 2.11. The van der Waals surface area contributed by atoms with Gasteiger partial charge in [0, 0.05) is 6.07 Å². The Morgan fingerprint density at radius 1 is 1.77 bits per heavy atom. The molecule has 0 aromatic carbocycles. The minimum absolute atomic E-state index is 0.543. The Balaban J connectivity index is 2.48. The van der Waals surface area contributed by atoms with E-state index in [0.29, 0.717) is 11.1 Å². The van der Waals surface area contributed by atoms with E-state index in [0.717, 1.165) is 10.9 Å². The molecule has 0 saturated carbocycles. The fraction of sp³-hybridized carbons (Fsp3) is 0. The summed E-state index contributed by atoms with van der Waals surface area (Å²) in [4.78, 5) is 11.2. The molecule has 0 aliphatic heterocycles. The smallest absolute Gasteiger partial charge is 0.440 e. The van der Waals surface area contributed by atoms with Crippen LogP contribution in [0.25, 0.3) is 11.1 Å². The zero-order chi connectivity index (χ0) is 9.26. The summed E-state index contributed by atoms with van der Waals surface area (Å²) < 4.78 is 10.7. The Kier molecular flexibility index (Phi) is 1.63. The molecule has 0 amide bonds. The summed E-state index contributed by atoms with van der Waals surface area (Å²) >= 11 is 0. The molecule has 5 heteroatoms. The fourth-order valence-electron chi connectivity index (χ4n) is 1.02.